The van der Waals surface area contributed by atoms with Crippen LogP contribution in [-0.4, -0.2) is 74.9 Å². The van der Waals surface area contributed by atoms with Crippen LogP contribution in [0.25, 0.3) is 22.2 Å². The number of ether oxygens (including phenoxy) is 1. The molecular formula is C32H43F3N8OSSi. The molecule has 0 N–H and O–H groups in total. The van der Waals surface area contributed by atoms with Gasteiger partial charge in [0.1, 0.15) is 11.7 Å². The second kappa shape index (κ2) is 14.0. The highest BCUT2D eigenvalue weighted by Gasteiger charge is 2.33. The van der Waals surface area contributed by atoms with Gasteiger partial charge in [0.05, 0.1) is 23.8 Å². The molecule has 248 valence electrons. The number of piperidine rings is 1. The van der Waals surface area contributed by atoms with Gasteiger partial charge in [-0.05, 0) is 62.4 Å². The summed E-state index contributed by atoms with van der Waals surface area (Å²) < 4.78 is 48.5. The lowest BCUT2D eigenvalue weighted by Crippen LogP contribution is -2.42. The zero-order chi connectivity index (χ0) is 32.3. The first-order valence-electron chi connectivity index (χ1n) is 16.3. The molecular weight excluding hydrogens is 630 g/mol. The second-order valence-corrected chi connectivity index (χ2v) is 20.5. The van der Waals surface area contributed by atoms with Crippen LogP contribution < -0.4 is 4.80 Å². The van der Waals surface area contributed by atoms with Crippen molar-refractivity contribution in [1.29, 1.82) is 0 Å². The Morgan fingerprint density at radius 2 is 1.87 bits per heavy atom. The van der Waals surface area contributed by atoms with Crippen LogP contribution >= 0.6 is 11.3 Å². The summed E-state index contributed by atoms with van der Waals surface area (Å²) in [7, 11) is -1.19. The summed E-state index contributed by atoms with van der Waals surface area (Å²) in [4.78, 5) is 16.7. The molecule has 9 nitrogen and oxygen atoms in total. The van der Waals surface area contributed by atoms with E-state index in [2.05, 4.69) is 29.7 Å². The first-order chi connectivity index (χ1) is 22.0. The summed E-state index contributed by atoms with van der Waals surface area (Å²) in [6.07, 6.45) is 7.81. The Hall–Kier alpha value is -2.94. The van der Waals surface area contributed by atoms with Gasteiger partial charge in [-0.15, -0.1) is 0 Å². The Morgan fingerprint density at radius 1 is 1.04 bits per heavy atom. The molecule has 0 radical (unpaired) electrons. The van der Waals surface area contributed by atoms with Gasteiger partial charge in [0.25, 0.3) is 0 Å². The van der Waals surface area contributed by atoms with Crippen LogP contribution in [0.3, 0.4) is 0 Å². The highest BCUT2D eigenvalue weighted by atomic mass is 32.1. The monoisotopic (exact) mass is 672 g/mol. The molecule has 1 saturated carbocycles. The van der Waals surface area contributed by atoms with Crippen LogP contribution in [0.1, 0.15) is 49.5 Å². The van der Waals surface area contributed by atoms with Gasteiger partial charge in [0, 0.05) is 57.2 Å². The maximum absolute atomic E-state index is 12.9. The van der Waals surface area contributed by atoms with E-state index in [1.807, 2.05) is 33.8 Å². The van der Waals surface area contributed by atoms with E-state index in [-0.39, 0.29) is 5.92 Å². The van der Waals surface area contributed by atoms with Gasteiger partial charge in [-0.3, -0.25) is 14.6 Å². The lowest BCUT2D eigenvalue weighted by Gasteiger charge is -2.33. The fraction of sp³-hybridized carbons (Fsp3) is 0.594. The van der Waals surface area contributed by atoms with Gasteiger partial charge in [-0.2, -0.15) is 28.4 Å². The van der Waals surface area contributed by atoms with Crippen LogP contribution in [0, 0.1) is 5.92 Å². The topological polar surface area (TPSA) is 86.2 Å². The first kappa shape index (κ1) is 33.0. The van der Waals surface area contributed by atoms with Crippen molar-refractivity contribution >= 4 is 36.3 Å². The smallest absolute Gasteiger partial charge is 0.359 e. The average Bonchev–Trinajstić information content (AvgIpc) is 3.76. The third kappa shape index (κ3) is 8.90. The highest BCUT2D eigenvalue weighted by molar-refractivity contribution is 7.08. The van der Waals surface area contributed by atoms with E-state index in [0.29, 0.717) is 38.1 Å². The normalized spacial score (nSPS) is 19.1. The minimum Gasteiger partial charge on any atom is -0.359 e. The van der Waals surface area contributed by atoms with Gasteiger partial charge >= 0.3 is 6.18 Å². The fourth-order valence-corrected chi connectivity index (χ4v) is 8.07. The molecule has 14 heteroatoms. The lowest BCUT2D eigenvalue weighted by molar-refractivity contribution is -0.149. The van der Waals surface area contributed by atoms with Crippen LogP contribution in [-0.2, 0) is 18.0 Å². The molecule has 0 amide bonds. The maximum atomic E-state index is 12.9. The molecule has 0 aromatic carbocycles. The minimum atomic E-state index is -4.17. The number of hydrogen-bond acceptors (Lipinski definition) is 8. The van der Waals surface area contributed by atoms with Crippen molar-refractivity contribution in [2.45, 2.75) is 89.6 Å². The van der Waals surface area contributed by atoms with Gasteiger partial charge in [0.15, 0.2) is 5.82 Å². The minimum absolute atomic E-state index is 0.124. The van der Waals surface area contributed by atoms with Crippen molar-refractivity contribution in [2.75, 3.05) is 26.2 Å². The van der Waals surface area contributed by atoms with E-state index in [9.17, 15) is 13.2 Å². The van der Waals surface area contributed by atoms with Crippen molar-refractivity contribution in [1.82, 2.24) is 34.4 Å². The quantitative estimate of drug-likeness (QED) is 0.124. The third-order valence-electron chi connectivity index (χ3n) is 8.70. The number of aromatic nitrogens is 6. The molecule has 46 heavy (non-hydrogen) atoms. The van der Waals surface area contributed by atoms with Crippen molar-refractivity contribution in [2.24, 2.45) is 10.9 Å². The summed E-state index contributed by atoms with van der Waals surface area (Å²) in [5, 5.41) is 10.6. The second-order valence-electron chi connectivity index (χ2n) is 13.9. The summed E-state index contributed by atoms with van der Waals surface area (Å²) in [5.41, 5.74) is 3.25. The predicted octanol–water partition coefficient (Wildman–Crippen LogP) is 7.23. The third-order valence-corrected chi connectivity index (χ3v) is 11.5. The van der Waals surface area contributed by atoms with Crippen LogP contribution in [0.2, 0.25) is 25.7 Å². The van der Waals surface area contributed by atoms with E-state index in [1.54, 1.807) is 23.7 Å². The number of likely N-dealkylation sites (tertiary alicyclic amines) is 1. The Labute approximate surface area is 272 Å². The van der Waals surface area contributed by atoms with Crippen LogP contribution in [0.5, 0.6) is 0 Å². The Bertz CT molecular complexity index is 1690. The number of halogens is 3. The van der Waals surface area contributed by atoms with E-state index < -0.39 is 20.8 Å². The number of nitrogens with zero attached hydrogens (tertiary/aromatic N) is 8. The van der Waals surface area contributed by atoms with E-state index in [0.717, 1.165) is 57.5 Å². The average molecular weight is 673 g/mol. The molecule has 2 aliphatic rings. The number of fused-ring (bicyclic) bond motifs is 1. The highest BCUT2D eigenvalue weighted by Crippen LogP contribution is 2.34. The van der Waals surface area contributed by atoms with Crippen molar-refractivity contribution in [3.8, 4) is 11.1 Å². The van der Waals surface area contributed by atoms with E-state index in [1.165, 1.54) is 30.6 Å². The summed E-state index contributed by atoms with van der Waals surface area (Å²) in [5.74, 6) is 1.19. The Balaban J connectivity index is 1.19. The standard InChI is InChI=1S/C32H43F3N8OSSi/c1-46(2,3)14-13-44-22-43-31(45-30(40-43)24-8-4-5-9-24)39-29-11-10-27-28(38-29)15-25(16-36-27)26-17-37-42(20-26)19-23-7-6-12-41(18-23)21-32(33,34)35/h10-11,15-17,20,23-24H,4-9,12-14,18-19,21-22H2,1-3H3/b39-31-. The summed E-state index contributed by atoms with van der Waals surface area (Å²) in [6, 6.07) is 6.89. The van der Waals surface area contributed by atoms with Crippen molar-refractivity contribution in [3.63, 3.8) is 0 Å². The zero-order valence-electron chi connectivity index (χ0n) is 26.8. The van der Waals surface area contributed by atoms with Crippen LogP contribution in [0.15, 0.2) is 41.8 Å². The molecule has 0 spiro atoms. The Kier molecular flexibility index (Phi) is 10.1. The van der Waals surface area contributed by atoms with Gasteiger partial charge in [-0.1, -0.05) is 43.8 Å². The van der Waals surface area contributed by atoms with Gasteiger partial charge < -0.3 is 4.74 Å². The van der Waals surface area contributed by atoms with Crippen LogP contribution in [0.4, 0.5) is 19.0 Å². The predicted molar refractivity (Wildman–Crippen MR) is 177 cm³/mol. The number of alkyl halides is 3. The van der Waals surface area contributed by atoms with Gasteiger partial charge in [0.2, 0.25) is 4.80 Å². The number of rotatable bonds is 11. The molecule has 1 unspecified atom stereocenters. The molecule has 1 aliphatic heterocycles. The number of pyridine rings is 2. The molecule has 5 heterocycles. The number of hydrogen-bond donors (Lipinski definition) is 0. The van der Waals surface area contributed by atoms with E-state index >= 15 is 0 Å². The van der Waals surface area contributed by atoms with E-state index in [4.69, 9.17) is 19.8 Å². The van der Waals surface area contributed by atoms with Crippen molar-refractivity contribution in [3.05, 3.63) is 46.6 Å². The molecule has 4 aromatic rings. The first-order valence-corrected chi connectivity index (χ1v) is 20.8. The summed E-state index contributed by atoms with van der Waals surface area (Å²) in [6.45, 7) is 8.77. The molecule has 0 bridgehead atoms. The SMILES string of the molecule is C[Si](C)(C)CCOCn1nc(C2CCCC2)s/c1=N\c1ccc2ncc(-c3cnn(CC4CCCN(CC(F)(F)F)C4)c3)cc2n1. The lowest BCUT2D eigenvalue weighted by atomic mass is 9.98. The molecule has 2 fully saturated rings. The Morgan fingerprint density at radius 3 is 2.65 bits per heavy atom. The molecule has 4 aromatic heterocycles. The van der Waals surface area contributed by atoms with Crippen molar-refractivity contribution < 1.29 is 17.9 Å². The largest absolute Gasteiger partial charge is 0.401 e. The fourth-order valence-electron chi connectivity index (χ4n) is 6.25. The molecule has 1 atom stereocenters. The summed E-state index contributed by atoms with van der Waals surface area (Å²) >= 11 is 1.63. The maximum Gasteiger partial charge on any atom is 0.401 e. The molecule has 6 rings (SSSR count). The zero-order valence-corrected chi connectivity index (χ0v) is 28.7. The van der Waals surface area contributed by atoms with Gasteiger partial charge in [-0.25, -0.2) is 9.67 Å². The molecule has 1 aliphatic carbocycles. The molecule has 1 saturated heterocycles.